The largest absolute Gasteiger partial charge is 0.365 e. The second-order valence-corrected chi connectivity index (χ2v) is 7.67. The number of aromatic nitrogens is 4. The summed E-state index contributed by atoms with van der Waals surface area (Å²) in [5.41, 5.74) is 4.29. The van der Waals surface area contributed by atoms with Gasteiger partial charge in [-0.2, -0.15) is 5.10 Å². The van der Waals surface area contributed by atoms with Crippen molar-refractivity contribution in [3.05, 3.63) is 72.3 Å². The minimum atomic E-state index is 0.0556. The van der Waals surface area contributed by atoms with E-state index in [1.165, 1.54) is 0 Å². The maximum absolute atomic E-state index is 6.31. The van der Waals surface area contributed by atoms with Gasteiger partial charge in [-0.1, -0.05) is 30.4 Å². The summed E-state index contributed by atoms with van der Waals surface area (Å²) in [5, 5.41) is 6.57. The number of hydrogen-bond acceptors (Lipinski definition) is 5. The second-order valence-electron chi connectivity index (χ2n) is 6.88. The minimum Gasteiger partial charge on any atom is -0.365 e. The van der Waals surface area contributed by atoms with Gasteiger partial charge < -0.3 is 4.74 Å². The van der Waals surface area contributed by atoms with Crippen molar-refractivity contribution in [3.8, 4) is 0 Å². The molecule has 1 aromatic carbocycles. The lowest BCUT2D eigenvalue weighted by Crippen LogP contribution is -2.07. The van der Waals surface area contributed by atoms with E-state index in [4.69, 9.17) is 4.74 Å². The molecule has 0 unspecified atom stereocenters. The molecule has 0 N–H and O–H groups in total. The highest BCUT2D eigenvalue weighted by Crippen LogP contribution is 2.35. The van der Waals surface area contributed by atoms with Gasteiger partial charge in [0.15, 0.2) is 0 Å². The van der Waals surface area contributed by atoms with Crippen molar-refractivity contribution in [2.45, 2.75) is 30.1 Å². The molecule has 4 aromatic rings. The molecule has 28 heavy (non-hydrogen) atoms. The number of ether oxygens (including phenoxy) is 1. The first-order valence-corrected chi connectivity index (χ1v) is 10.6. The highest BCUT2D eigenvalue weighted by Gasteiger charge is 2.27. The summed E-state index contributed by atoms with van der Waals surface area (Å²) >= 11 is 1.63. The van der Waals surface area contributed by atoms with E-state index in [1.54, 1.807) is 18.1 Å². The number of nitrogens with zero attached hydrogens (tertiary/aromatic N) is 4. The smallest absolute Gasteiger partial charge is 0.137 e. The monoisotopic (exact) mass is 388 g/mol. The lowest BCUT2D eigenvalue weighted by molar-refractivity contribution is 0.0676. The van der Waals surface area contributed by atoms with Crippen LogP contribution in [0, 0.1) is 0 Å². The van der Waals surface area contributed by atoms with Gasteiger partial charge in [0, 0.05) is 11.6 Å². The quantitative estimate of drug-likeness (QED) is 0.464. The molecule has 6 heteroatoms. The molecular formula is C22H20N4OS. The van der Waals surface area contributed by atoms with Gasteiger partial charge in [-0.05, 0) is 48.9 Å². The van der Waals surface area contributed by atoms with Crippen molar-refractivity contribution in [3.63, 3.8) is 0 Å². The summed E-state index contributed by atoms with van der Waals surface area (Å²) in [5.74, 6) is 0. The second kappa shape index (κ2) is 7.37. The number of benzene rings is 1. The average molecular weight is 388 g/mol. The van der Waals surface area contributed by atoms with Gasteiger partial charge in [-0.25, -0.2) is 9.50 Å². The molecular weight excluding hydrogens is 368 g/mol. The summed E-state index contributed by atoms with van der Waals surface area (Å²) in [6.07, 6.45) is 11.9. The van der Waals surface area contributed by atoms with E-state index >= 15 is 0 Å². The van der Waals surface area contributed by atoms with Crippen molar-refractivity contribution >= 4 is 34.3 Å². The molecule has 4 heterocycles. The molecule has 3 aromatic heterocycles. The third-order valence-corrected chi connectivity index (χ3v) is 5.86. The Morgan fingerprint density at radius 2 is 2.11 bits per heavy atom. The first-order valence-electron chi connectivity index (χ1n) is 9.37. The van der Waals surface area contributed by atoms with E-state index in [0.717, 1.165) is 45.5 Å². The number of rotatable bonds is 4. The van der Waals surface area contributed by atoms with E-state index < -0.39 is 0 Å². The van der Waals surface area contributed by atoms with Crippen LogP contribution in [-0.2, 0) is 4.74 Å². The fourth-order valence-electron chi connectivity index (χ4n) is 3.76. The van der Waals surface area contributed by atoms with Crippen molar-refractivity contribution in [2.75, 3.05) is 6.26 Å². The predicted molar refractivity (Wildman–Crippen MR) is 112 cm³/mol. The van der Waals surface area contributed by atoms with Crippen LogP contribution in [0.4, 0.5) is 0 Å². The van der Waals surface area contributed by atoms with Gasteiger partial charge in [0.05, 0.1) is 22.8 Å². The molecule has 140 valence electrons. The number of thioether (sulfide) groups is 1. The van der Waals surface area contributed by atoms with Crippen molar-refractivity contribution in [2.24, 2.45) is 0 Å². The zero-order valence-corrected chi connectivity index (χ0v) is 16.3. The van der Waals surface area contributed by atoms with Crippen LogP contribution in [0.25, 0.3) is 22.5 Å². The Morgan fingerprint density at radius 3 is 3.04 bits per heavy atom. The highest BCUT2D eigenvalue weighted by atomic mass is 32.2. The maximum Gasteiger partial charge on any atom is 0.137 e. The minimum absolute atomic E-state index is 0.0556. The molecule has 5 rings (SSSR count). The number of fused-ring (bicyclic) bond motifs is 2. The zero-order chi connectivity index (χ0) is 18.9. The fraction of sp³-hybridized carbons (Fsp3) is 0.227. The molecule has 1 saturated heterocycles. The van der Waals surface area contributed by atoms with E-state index in [9.17, 15) is 0 Å². The Labute approximate surface area is 167 Å². The van der Waals surface area contributed by atoms with Crippen LogP contribution >= 0.6 is 11.8 Å². The summed E-state index contributed by atoms with van der Waals surface area (Å²) in [6, 6.07) is 14.6. The van der Waals surface area contributed by atoms with Crippen molar-refractivity contribution < 1.29 is 4.74 Å². The SMILES string of the molecule is CSc1ncnn2c([C@H]3CC[C@@H](/C=C/c4ccc5cccnc5c4)O3)ccc12. The predicted octanol–water partition coefficient (Wildman–Crippen LogP) is 4.93. The van der Waals surface area contributed by atoms with Gasteiger partial charge >= 0.3 is 0 Å². The molecule has 0 bridgehead atoms. The number of hydrogen-bond donors (Lipinski definition) is 0. The lowest BCUT2D eigenvalue weighted by atomic mass is 10.1. The Kier molecular flexibility index (Phi) is 4.58. The van der Waals surface area contributed by atoms with Gasteiger partial charge in [0.2, 0.25) is 0 Å². The zero-order valence-electron chi connectivity index (χ0n) is 15.5. The first kappa shape index (κ1) is 17.4. The van der Waals surface area contributed by atoms with Gasteiger partial charge in [0.25, 0.3) is 0 Å². The van der Waals surface area contributed by atoms with E-state index in [0.29, 0.717) is 0 Å². The van der Waals surface area contributed by atoms with Crippen LogP contribution in [0.1, 0.15) is 30.2 Å². The van der Waals surface area contributed by atoms with Gasteiger partial charge in [-0.3, -0.25) is 4.98 Å². The first-order chi connectivity index (χ1) is 13.8. The van der Waals surface area contributed by atoms with Gasteiger partial charge in [-0.15, -0.1) is 11.8 Å². The lowest BCUT2D eigenvalue weighted by Gasteiger charge is -2.11. The van der Waals surface area contributed by atoms with Crippen LogP contribution in [0.15, 0.2) is 66.1 Å². The number of pyridine rings is 1. The molecule has 2 atom stereocenters. The van der Waals surface area contributed by atoms with Gasteiger partial charge in [0.1, 0.15) is 17.5 Å². The molecule has 0 radical (unpaired) electrons. The van der Waals surface area contributed by atoms with Crippen LogP contribution in [0.5, 0.6) is 0 Å². The van der Waals surface area contributed by atoms with Crippen LogP contribution in [0.3, 0.4) is 0 Å². The van der Waals surface area contributed by atoms with E-state index in [2.05, 4.69) is 63.6 Å². The fourth-order valence-corrected chi connectivity index (χ4v) is 4.28. The average Bonchev–Trinajstić information content (AvgIpc) is 3.38. The molecule has 0 saturated carbocycles. The highest BCUT2D eigenvalue weighted by molar-refractivity contribution is 7.98. The van der Waals surface area contributed by atoms with E-state index in [1.807, 2.05) is 23.0 Å². The molecule has 0 aliphatic carbocycles. The summed E-state index contributed by atoms with van der Waals surface area (Å²) in [4.78, 5) is 8.77. The van der Waals surface area contributed by atoms with Crippen LogP contribution in [-0.4, -0.2) is 31.9 Å². The standard InChI is InChI=1S/C22H20N4OS/c1-28-22-20-10-9-19(26(20)25-14-24-22)21-11-8-17(27-21)7-5-15-4-6-16-3-2-12-23-18(16)13-15/h2-7,9-10,12-14,17,21H,8,11H2,1H3/b7-5+/t17-,21-/m1/s1. The molecule has 0 spiro atoms. The van der Waals surface area contributed by atoms with Crippen LogP contribution < -0.4 is 0 Å². The summed E-state index contributed by atoms with van der Waals surface area (Å²) in [7, 11) is 0. The molecule has 1 aliphatic rings. The molecule has 5 nitrogen and oxygen atoms in total. The molecule has 1 aliphatic heterocycles. The maximum atomic E-state index is 6.31. The normalized spacial score (nSPS) is 19.9. The molecule has 0 amide bonds. The Balaban J connectivity index is 1.34. The Bertz CT molecular complexity index is 1170. The third kappa shape index (κ3) is 3.19. The van der Waals surface area contributed by atoms with Crippen molar-refractivity contribution in [1.82, 2.24) is 19.6 Å². The summed E-state index contributed by atoms with van der Waals surface area (Å²) < 4.78 is 8.27. The molecule has 1 fully saturated rings. The topological polar surface area (TPSA) is 52.3 Å². The van der Waals surface area contributed by atoms with Crippen molar-refractivity contribution in [1.29, 1.82) is 0 Å². The Morgan fingerprint density at radius 1 is 1.14 bits per heavy atom. The van der Waals surface area contributed by atoms with E-state index in [-0.39, 0.29) is 12.2 Å². The third-order valence-electron chi connectivity index (χ3n) is 5.15. The Hall–Kier alpha value is -2.70. The van der Waals surface area contributed by atoms with Crippen LogP contribution in [0.2, 0.25) is 0 Å². The summed E-state index contributed by atoms with van der Waals surface area (Å²) in [6.45, 7) is 0.